The van der Waals surface area contributed by atoms with Crippen molar-refractivity contribution in [1.82, 2.24) is 31.6 Å². The van der Waals surface area contributed by atoms with Crippen molar-refractivity contribution in [3.63, 3.8) is 0 Å². The summed E-state index contributed by atoms with van der Waals surface area (Å²) in [5, 5.41) is 22.1. The Morgan fingerprint density at radius 3 is 1.93 bits per heavy atom. The zero-order chi connectivity index (χ0) is 45.4. The fourth-order valence-electron chi connectivity index (χ4n) is 5.69. The van der Waals surface area contributed by atoms with Gasteiger partial charge in [-0.2, -0.15) is 0 Å². The number of fused-ring (bicyclic) bond motifs is 1. The minimum atomic E-state index is -1.71. The monoisotopic (exact) mass is 852 g/mol. The molecule has 20 heteroatoms. The maximum Gasteiger partial charge on any atom is 0.308 e. The van der Waals surface area contributed by atoms with Crippen LogP contribution in [0.2, 0.25) is 0 Å². The molecular formula is C41H49FN6O13. The Labute approximate surface area is 349 Å². The fraction of sp³-hybridized carbons (Fsp3) is 0.415. The summed E-state index contributed by atoms with van der Waals surface area (Å²) in [6.07, 6.45) is -2.59. The number of aromatic nitrogens is 1. The number of carbonyl (C=O) groups excluding carboxylic acids is 8. The van der Waals surface area contributed by atoms with E-state index >= 15 is 0 Å². The number of aryl methyl sites for hydroxylation is 1. The number of pyridine rings is 1. The summed E-state index contributed by atoms with van der Waals surface area (Å²) in [5.74, 6) is -10.4. The Hall–Kier alpha value is -6.99. The molecule has 0 aliphatic heterocycles. The number of ketones is 1. The summed E-state index contributed by atoms with van der Waals surface area (Å²) in [7, 11) is 2.08. The van der Waals surface area contributed by atoms with Crippen LogP contribution >= 0.6 is 0 Å². The van der Waals surface area contributed by atoms with Gasteiger partial charge in [0.05, 0.1) is 32.6 Å². The minimum Gasteiger partial charge on any atom is -0.482 e. The molecule has 3 rings (SSSR count). The number of hydrogen-bond acceptors (Lipinski definition) is 13. The zero-order valence-corrected chi connectivity index (χ0v) is 34.4. The lowest BCUT2D eigenvalue weighted by Crippen LogP contribution is -2.59. The van der Waals surface area contributed by atoms with Crippen LogP contribution in [-0.2, 0) is 47.8 Å². The van der Waals surface area contributed by atoms with Crippen LogP contribution in [0.3, 0.4) is 0 Å². The van der Waals surface area contributed by atoms with Crippen molar-refractivity contribution in [2.75, 3.05) is 20.8 Å². The summed E-state index contributed by atoms with van der Waals surface area (Å²) in [6, 6.07) is 6.63. The van der Waals surface area contributed by atoms with E-state index in [0.717, 1.165) is 25.7 Å². The Balaban J connectivity index is 1.75. The number of carboxylic acids is 1. The van der Waals surface area contributed by atoms with Crippen LogP contribution in [0.25, 0.3) is 10.9 Å². The van der Waals surface area contributed by atoms with Gasteiger partial charge in [0.1, 0.15) is 42.5 Å². The van der Waals surface area contributed by atoms with Crippen molar-refractivity contribution < 1.29 is 66.9 Å². The number of ether oxygens (including phenoxy) is 3. The van der Waals surface area contributed by atoms with Gasteiger partial charge in [0.2, 0.25) is 23.6 Å². The first kappa shape index (κ1) is 48.4. The van der Waals surface area contributed by atoms with Gasteiger partial charge in [-0.25, -0.2) is 9.37 Å². The number of carboxylic acid groups (broad SMARTS) is 1. The van der Waals surface area contributed by atoms with Gasteiger partial charge in [0, 0.05) is 11.8 Å². The second-order valence-electron chi connectivity index (χ2n) is 14.1. The van der Waals surface area contributed by atoms with Crippen LogP contribution in [0.15, 0.2) is 54.6 Å². The van der Waals surface area contributed by atoms with Gasteiger partial charge in [-0.3, -0.25) is 43.2 Å². The molecular weight excluding hydrogens is 803 g/mol. The van der Waals surface area contributed by atoms with Gasteiger partial charge in [0.15, 0.2) is 17.3 Å². The molecule has 0 saturated heterocycles. The summed E-state index contributed by atoms with van der Waals surface area (Å²) in [6.45, 7) is 5.20. The largest absolute Gasteiger partial charge is 0.482 e. The van der Waals surface area contributed by atoms with Crippen LogP contribution in [0, 0.1) is 18.7 Å². The zero-order valence-electron chi connectivity index (χ0n) is 34.4. The lowest BCUT2D eigenvalue weighted by molar-refractivity contribution is -0.144. The maximum absolute atomic E-state index is 14.3. The van der Waals surface area contributed by atoms with Gasteiger partial charge in [-0.15, -0.1) is 0 Å². The predicted octanol–water partition coefficient (Wildman–Crippen LogP) is 1.03. The summed E-state index contributed by atoms with van der Waals surface area (Å²) in [4.78, 5) is 121. The topological polar surface area (TPSA) is 275 Å². The molecule has 19 nitrogen and oxygen atoms in total. The molecule has 1 unspecified atom stereocenters. The molecule has 328 valence electrons. The van der Waals surface area contributed by atoms with E-state index < -0.39 is 127 Å². The number of rotatable bonds is 22. The molecule has 0 bridgehead atoms. The first-order valence-corrected chi connectivity index (χ1v) is 19.0. The van der Waals surface area contributed by atoms with Gasteiger partial charge >= 0.3 is 17.9 Å². The lowest BCUT2D eigenvalue weighted by Gasteiger charge is -2.27. The van der Waals surface area contributed by atoms with E-state index in [0.29, 0.717) is 11.1 Å². The first-order valence-electron chi connectivity index (χ1n) is 19.0. The first-order chi connectivity index (χ1) is 28.8. The van der Waals surface area contributed by atoms with Crippen LogP contribution in [0.4, 0.5) is 4.39 Å². The summed E-state index contributed by atoms with van der Waals surface area (Å²) >= 11 is 0. The Morgan fingerprint density at radius 1 is 0.705 bits per heavy atom. The highest BCUT2D eigenvalue weighted by Gasteiger charge is 2.34. The molecule has 0 saturated carbocycles. The summed E-state index contributed by atoms with van der Waals surface area (Å²) < 4.78 is 28.9. The normalized spacial score (nSPS) is 13.3. The van der Waals surface area contributed by atoms with Crippen molar-refractivity contribution >= 4 is 64.1 Å². The third kappa shape index (κ3) is 14.7. The molecule has 61 heavy (non-hydrogen) atoms. The van der Waals surface area contributed by atoms with Crippen molar-refractivity contribution in [2.45, 2.75) is 83.6 Å². The Morgan fingerprint density at radius 2 is 1.31 bits per heavy atom. The number of carbonyl (C=O) groups is 9. The van der Waals surface area contributed by atoms with Gasteiger partial charge in [-0.1, -0.05) is 50.2 Å². The number of methoxy groups -OCH3 is 2. The molecule has 2 aromatic carbocycles. The molecule has 0 aliphatic carbocycles. The molecule has 0 spiro atoms. The van der Waals surface area contributed by atoms with E-state index in [1.54, 1.807) is 57.2 Å². The number of esters is 2. The lowest BCUT2D eigenvalue weighted by atomic mass is 10.0. The fourth-order valence-corrected chi connectivity index (χ4v) is 5.69. The Bertz CT molecular complexity index is 2110. The highest BCUT2D eigenvalue weighted by molar-refractivity contribution is 6.00. The van der Waals surface area contributed by atoms with E-state index in [2.05, 4.69) is 41.0 Å². The third-order valence-corrected chi connectivity index (χ3v) is 9.16. The van der Waals surface area contributed by atoms with Crippen LogP contribution in [0.5, 0.6) is 5.75 Å². The van der Waals surface area contributed by atoms with E-state index in [1.165, 1.54) is 19.1 Å². The molecule has 3 aromatic rings. The average molecular weight is 853 g/mol. The number of benzene rings is 2. The smallest absolute Gasteiger partial charge is 0.308 e. The van der Waals surface area contributed by atoms with Gasteiger partial charge in [0.25, 0.3) is 5.91 Å². The standard InChI is InChI=1S/C41H49FN6O13/c1-21(2)35(48-39(56)27-15-14-24-11-7-8-13-26(24)44-27)41(58)47-30(19-34(53)60-6)40(57)45-28(16-17-32(50)51)38(55)43-23(4)37(54)46-29(18-33(52)59-5)31(49)20-61-36-22(3)10-9-12-25(36)42/h7-15,21,23,28-30,35H,16-20H2,1-6H3,(H,43,55)(H,45,57)(H,46,54)(H,47,58)(H,48,56)(H,50,51)/t23-,28-,29?,30-,35-/m0/s1. The minimum absolute atomic E-state index is 0.00520. The number of hydrogen-bond donors (Lipinski definition) is 6. The molecule has 0 aliphatic rings. The van der Waals surface area contributed by atoms with Crippen molar-refractivity contribution in [3.05, 3.63) is 71.7 Å². The molecule has 1 aromatic heterocycles. The van der Waals surface area contributed by atoms with E-state index in [4.69, 9.17) is 4.74 Å². The predicted molar refractivity (Wildman–Crippen MR) is 213 cm³/mol. The number of halogens is 1. The number of aliphatic carboxylic acids is 1. The Kier molecular flexibility index (Phi) is 18.2. The highest BCUT2D eigenvalue weighted by atomic mass is 19.1. The van der Waals surface area contributed by atoms with Crippen molar-refractivity contribution in [3.8, 4) is 5.75 Å². The number of amides is 5. The van der Waals surface area contributed by atoms with Crippen LogP contribution in [0.1, 0.15) is 62.5 Å². The molecule has 5 amide bonds. The SMILES string of the molecule is COC(=O)CC(NC(=O)[C@H](C)NC(=O)[C@H](CCC(=O)O)NC(=O)[C@H](CC(=O)OC)NC(=O)[C@@H](NC(=O)c1ccc2ccccc2n1)C(C)C)C(=O)COc1c(C)cccc1F. The number of nitrogens with zero attached hydrogens (tertiary/aromatic N) is 1. The summed E-state index contributed by atoms with van der Waals surface area (Å²) in [5.41, 5.74) is 0.911. The van der Waals surface area contributed by atoms with E-state index in [9.17, 15) is 52.6 Å². The number of Topliss-reactive ketones (excluding diaryl/α,β-unsaturated/α-hetero) is 1. The van der Waals surface area contributed by atoms with Crippen LogP contribution in [-0.4, -0.2) is 114 Å². The number of para-hydroxylation sites is 2. The molecule has 0 fully saturated rings. The van der Waals surface area contributed by atoms with E-state index in [1.807, 2.05) is 0 Å². The van der Waals surface area contributed by atoms with Crippen molar-refractivity contribution in [1.29, 1.82) is 0 Å². The third-order valence-electron chi connectivity index (χ3n) is 9.16. The molecule has 6 N–H and O–H groups in total. The second-order valence-corrected chi connectivity index (χ2v) is 14.1. The van der Waals surface area contributed by atoms with Gasteiger partial charge in [-0.05, 0) is 49.9 Å². The van der Waals surface area contributed by atoms with E-state index in [-0.39, 0.29) is 11.4 Å². The highest BCUT2D eigenvalue weighted by Crippen LogP contribution is 2.21. The maximum atomic E-state index is 14.3. The van der Waals surface area contributed by atoms with Gasteiger partial charge < -0.3 is 45.9 Å². The number of nitrogens with one attached hydrogen (secondary N) is 5. The second kappa shape index (κ2) is 23.0. The molecule has 5 atom stereocenters. The molecule has 1 heterocycles. The molecule has 0 radical (unpaired) electrons. The average Bonchev–Trinajstić information content (AvgIpc) is 3.22. The quantitative estimate of drug-likeness (QED) is 0.0771. The van der Waals surface area contributed by atoms with Crippen LogP contribution < -0.4 is 31.3 Å². The van der Waals surface area contributed by atoms with Crippen molar-refractivity contribution in [2.24, 2.45) is 5.92 Å².